The maximum absolute atomic E-state index is 12.6. The second kappa shape index (κ2) is 9.41. The summed E-state index contributed by atoms with van der Waals surface area (Å²) in [5.74, 6) is 0.306. The van der Waals surface area contributed by atoms with Gasteiger partial charge in [-0.2, -0.15) is 0 Å². The summed E-state index contributed by atoms with van der Waals surface area (Å²) >= 11 is 6.02. The summed E-state index contributed by atoms with van der Waals surface area (Å²) in [6, 6.07) is 18.1. The molecule has 3 aromatic carbocycles. The van der Waals surface area contributed by atoms with E-state index >= 15 is 0 Å². The van der Waals surface area contributed by atoms with Gasteiger partial charge in [-0.25, -0.2) is 8.42 Å². The molecule has 8 heteroatoms. The van der Waals surface area contributed by atoms with Gasteiger partial charge in [-0.15, -0.1) is 0 Å². The minimum atomic E-state index is -3.82. The van der Waals surface area contributed by atoms with Crippen LogP contribution in [0.5, 0.6) is 5.75 Å². The molecule has 0 aliphatic carbocycles. The van der Waals surface area contributed by atoms with Gasteiger partial charge < -0.3 is 10.1 Å². The first kappa shape index (κ1) is 22.7. The number of halogens is 1. The van der Waals surface area contributed by atoms with Crippen LogP contribution in [0.3, 0.4) is 0 Å². The van der Waals surface area contributed by atoms with E-state index < -0.39 is 16.1 Å². The Morgan fingerprint density at radius 1 is 0.968 bits per heavy atom. The highest BCUT2D eigenvalue weighted by Gasteiger charge is 2.18. The molecule has 2 N–H and O–H groups in total. The maximum Gasteiger partial charge on any atom is 0.265 e. The number of sulfonamides is 1. The van der Waals surface area contributed by atoms with Crippen LogP contribution in [-0.2, 0) is 14.8 Å². The molecule has 0 fully saturated rings. The van der Waals surface area contributed by atoms with Gasteiger partial charge in [0.15, 0.2) is 6.10 Å². The third kappa shape index (κ3) is 5.57. The average molecular weight is 459 g/mol. The highest BCUT2D eigenvalue weighted by Crippen LogP contribution is 2.25. The molecule has 0 aliphatic heterocycles. The van der Waals surface area contributed by atoms with Crippen molar-refractivity contribution in [1.82, 2.24) is 0 Å². The van der Waals surface area contributed by atoms with Gasteiger partial charge >= 0.3 is 0 Å². The lowest BCUT2D eigenvalue weighted by Gasteiger charge is -2.17. The first-order valence-corrected chi connectivity index (χ1v) is 11.4. The molecule has 3 aromatic rings. The molecule has 0 spiro atoms. The number of hydrogen-bond donors (Lipinski definition) is 2. The molecule has 3 rings (SSSR count). The first-order chi connectivity index (χ1) is 14.7. The lowest BCUT2D eigenvalue weighted by atomic mass is 10.1. The van der Waals surface area contributed by atoms with E-state index in [0.29, 0.717) is 22.1 Å². The van der Waals surface area contributed by atoms with Gasteiger partial charge in [0.25, 0.3) is 15.9 Å². The van der Waals surface area contributed by atoms with Crippen LogP contribution in [0.1, 0.15) is 18.1 Å². The van der Waals surface area contributed by atoms with E-state index in [2.05, 4.69) is 10.0 Å². The van der Waals surface area contributed by atoms with Crippen LogP contribution in [0.15, 0.2) is 71.6 Å². The highest BCUT2D eigenvalue weighted by atomic mass is 35.5. The molecule has 0 saturated carbocycles. The SMILES string of the molecule is Cc1cccc(O[C@H](C)C(=O)Nc2ccc(S(=O)(=O)Nc3ccccc3Cl)cc2)c1C. The van der Waals surface area contributed by atoms with Crippen molar-refractivity contribution in [3.8, 4) is 5.75 Å². The second-order valence-corrected chi connectivity index (χ2v) is 9.15. The van der Waals surface area contributed by atoms with Crippen molar-refractivity contribution >= 4 is 38.9 Å². The number of benzene rings is 3. The van der Waals surface area contributed by atoms with E-state index in [1.807, 2.05) is 32.0 Å². The number of anilines is 2. The van der Waals surface area contributed by atoms with Crippen LogP contribution in [0, 0.1) is 13.8 Å². The van der Waals surface area contributed by atoms with E-state index in [1.54, 1.807) is 31.2 Å². The van der Waals surface area contributed by atoms with Gasteiger partial charge in [0.05, 0.1) is 15.6 Å². The monoisotopic (exact) mass is 458 g/mol. The third-order valence-electron chi connectivity index (χ3n) is 4.78. The largest absolute Gasteiger partial charge is 0.481 e. The normalized spacial score (nSPS) is 12.1. The fraction of sp³-hybridized carbons (Fsp3) is 0.174. The molecule has 0 unspecified atom stereocenters. The molecule has 0 aromatic heterocycles. The molecule has 31 heavy (non-hydrogen) atoms. The van der Waals surface area contributed by atoms with Crippen molar-refractivity contribution in [2.24, 2.45) is 0 Å². The molecule has 0 aliphatic rings. The number of nitrogens with one attached hydrogen (secondary N) is 2. The molecule has 0 saturated heterocycles. The van der Waals surface area contributed by atoms with Gasteiger partial charge in [0.1, 0.15) is 5.75 Å². The number of rotatable bonds is 7. The standard InChI is InChI=1S/C23H23ClN2O4S/c1-15-7-6-10-22(16(15)2)30-17(3)23(27)25-18-11-13-19(14-12-18)31(28,29)26-21-9-5-4-8-20(21)24/h4-14,17,26H,1-3H3,(H,25,27)/t17-/m1/s1. The first-order valence-electron chi connectivity index (χ1n) is 9.58. The molecule has 0 heterocycles. The topological polar surface area (TPSA) is 84.5 Å². The van der Waals surface area contributed by atoms with Crippen LogP contribution < -0.4 is 14.8 Å². The summed E-state index contributed by atoms with van der Waals surface area (Å²) in [5.41, 5.74) is 2.80. The van der Waals surface area contributed by atoms with Crippen LogP contribution in [-0.4, -0.2) is 20.4 Å². The van der Waals surface area contributed by atoms with Crippen LogP contribution >= 0.6 is 11.6 Å². The molecule has 0 radical (unpaired) electrons. The van der Waals surface area contributed by atoms with Crippen molar-refractivity contribution < 1.29 is 17.9 Å². The Labute approximate surface area is 187 Å². The Morgan fingerprint density at radius 3 is 2.32 bits per heavy atom. The summed E-state index contributed by atoms with van der Waals surface area (Å²) in [4.78, 5) is 12.5. The van der Waals surface area contributed by atoms with Crippen LogP contribution in [0.2, 0.25) is 5.02 Å². The molecular weight excluding hydrogens is 436 g/mol. The van der Waals surface area contributed by atoms with Gasteiger partial charge in [0.2, 0.25) is 0 Å². The van der Waals surface area contributed by atoms with Crippen LogP contribution in [0.4, 0.5) is 11.4 Å². The van der Waals surface area contributed by atoms with Crippen molar-refractivity contribution in [2.45, 2.75) is 31.8 Å². The minimum Gasteiger partial charge on any atom is -0.481 e. The quantitative estimate of drug-likeness (QED) is 0.512. The average Bonchev–Trinajstić information content (AvgIpc) is 2.73. The number of hydrogen-bond acceptors (Lipinski definition) is 4. The van der Waals surface area contributed by atoms with Crippen molar-refractivity contribution in [1.29, 1.82) is 0 Å². The number of amides is 1. The highest BCUT2D eigenvalue weighted by molar-refractivity contribution is 7.92. The van der Waals surface area contributed by atoms with Gasteiger partial charge in [-0.1, -0.05) is 35.9 Å². The lowest BCUT2D eigenvalue weighted by Crippen LogP contribution is -2.30. The fourth-order valence-corrected chi connectivity index (χ4v) is 4.12. The lowest BCUT2D eigenvalue weighted by molar-refractivity contribution is -0.122. The predicted octanol–water partition coefficient (Wildman–Crippen LogP) is 5.16. The predicted molar refractivity (Wildman–Crippen MR) is 123 cm³/mol. The van der Waals surface area contributed by atoms with Crippen LogP contribution in [0.25, 0.3) is 0 Å². The van der Waals surface area contributed by atoms with Crippen molar-refractivity contribution in [3.05, 3.63) is 82.9 Å². The Morgan fingerprint density at radius 2 is 1.65 bits per heavy atom. The van der Waals surface area contributed by atoms with E-state index in [1.165, 1.54) is 24.3 Å². The molecular formula is C23H23ClN2O4S. The Hall–Kier alpha value is -3.03. The van der Waals surface area contributed by atoms with Gasteiger partial charge in [-0.3, -0.25) is 9.52 Å². The zero-order chi connectivity index (χ0) is 22.6. The Kier molecular flexibility index (Phi) is 6.87. The molecule has 162 valence electrons. The Balaban J connectivity index is 1.66. The third-order valence-corrected chi connectivity index (χ3v) is 6.49. The molecule has 6 nitrogen and oxygen atoms in total. The van der Waals surface area contributed by atoms with Crippen molar-refractivity contribution in [3.63, 3.8) is 0 Å². The molecule has 1 amide bonds. The number of para-hydroxylation sites is 1. The molecule has 0 bridgehead atoms. The number of carbonyl (C=O) groups is 1. The number of aryl methyl sites for hydroxylation is 1. The van der Waals surface area contributed by atoms with E-state index in [4.69, 9.17) is 16.3 Å². The Bertz CT molecular complexity index is 1190. The molecule has 1 atom stereocenters. The number of carbonyl (C=O) groups excluding carboxylic acids is 1. The van der Waals surface area contributed by atoms with Gasteiger partial charge in [-0.05, 0) is 74.4 Å². The number of ether oxygens (including phenoxy) is 1. The second-order valence-electron chi connectivity index (χ2n) is 7.06. The van der Waals surface area contributed by atoms with E-state index in [9.17, 15) is 13.2 Å². The van der Waals surface area contributed by atoms with Gasteiger partial charge in [0, 0.05) is 5.69 Å². The van der Waals surface area contributed by atoms with Crippen molar-refractivity contribution in [2.75, 3.05) is 10.0 Å². The zero-order valence-electron chi connectivity index (χ0n) is 17.3. The summed E-state index contributed by atoms with van der Waals surface area (Å²) in [5, 5.41) is 3.03. The zero-order valence-corrected chi connectivity index (χ0v) is 18.9. The van der Waals surface area contributed by atoms with E-state index in [-0.39, 0.29) is 10.8 Å². The summed E-state index contributed by atoms with van der Waals surface area (Å²) < 4.78 is 33.4. The minimum absolute atomic E-state index is 0.0464. The fourth-order valence-electron chi connectivity index (χ4n) is 2.80. The maximum atomic E-state index is 12.6. The summed E-state index contributed by atoms with van der Waals surface area (Å²) in [6.45, 7) is 5.57. The summed E-state index contributed by atoms with van der Waals surface area (Å²) in [7, 11) is -3.82. The smallest absolute Gasteiger partial charge is 0.265 e. The van der Waals surface area contributed by atoms with E-state index in [0.717, 1.165) is 11.1 Å². The summed E-state index contributed by atoms with van der Waals surface area (Å²) in [6.07, 6.45) is -0.731.